The fourth-order valence-electron chi connectivity index (χ4n) is 2.08. The second kappa shape index (κ2) is 6.75. The van der Waals surface area contributed by atoms with Gasteiger partial charge >= 0.3 is 5.97 Å². The molecule has 0 radical (unpaired) electrons. The van der Waals surface area contributed by atoms with Crippen LogP contribution >= 0.6 is 11.8 Å². The van der Waals surface area contributed by atoms with Gasteiger partial charge in [0.15, 0.2) is 5.16 Å². The molecule has 0 saturated heterocycles. The number of thioether (sulfide) groups is 1. The summed E-state index contributed by atoms with van der Waals surface area (Å²) in [5.74, 6) is -0.214. The van der Waals surface area contributed by atoms with Crippen LogP contribution in [0.5, 0.6) is 0 Å². The summed E-state index contributed by atoms with van der Waals surface area (Å²) in [7, 11) is 1.26. The van der Waals surface area contributed by atoms with Crippen molar-refractivity contribution >= 4 is 23.6 Å². The van der Waals surface area contributed by atoms with E-state index in [0.717, 1.165) is 5.75 Å². The standard InChI is InChI=1S/C13H17N3O4S/c1-3-4-15(8-10(17)20-2)11(18)9-7-14-13-16(12(9)19)5-6-21-13/h7H,3-6,8H2,1-2H3. The summed E-state index contributed by atoms with van der Waals surface area (Å²) < 4.78 is 6.08. The zero-order valence-corrected chi connectivity index (χ0v) is 12.8. The smallest absolute Gasteiger partial charge is 0.325 e. The fraction of sp³-hybridized carbons (Fsp3) is 0.538. The Morgan fingerprint density at radius 1 is 1.52 bits per heavy atom. The Morgan fingerprint density at radius 3 is 2.95 bits per heavy atom. The molecule has 0 bridgehead atoms. The number of carbonyl (C=O) groups excluding carboxylic acids is 2. The lowest BCUT2D eigenvalue weighted by Crippen LogP contribution is -2.40. The summed E-state index contributed by atoms with van der Waals surface area (Å²) in [6, 6.07) is 0. The summed E-state index contributed by atoms with van der Waals surface area (Å²) in [5, 5.41) is 0.631. The third kappa shape index (κ3) is 3.26. The summed E-state index contributed by atoms with van der Waals surface area (Å²) in [4.78, 5) is 41.6. The van der Waals surface area contributed by atoms with E-state index in [2.05, 4.69) is 9.72 Å². The largest absolute Gasteiger partial charge is 0.468 e. The lowest BCUT2D eigenvalue weighted by molar-refractivity contribution is -0.141. The van der Waals surface area contributed by atoms with Crippen LogP contribution < -0.4 is 5.56 Å². The minimum Gasteiger partial charge on any atom is -0.468 e. The quantitative estimate of drug-likeness (QED) is 0.577. The van der Waals surface area contributed by atoms with Gasteiger partial charge in [0.25, 0.3) is 11.5 Å². The molecule has 0 spiro atoms. The van der Waals surface area contributed by atoms with Crippen molar-refractivity contribution in [3.8, 4) is 0 Å². The fourth-order valence-corrected chi connectivity index (χ4v) is 2.99. The van der Waals surface area contributed by atoms with Crippen molar-refractivity contribution in [2.45, 2.75) is 25.0 Å². The Balaban J connectivity index is 2.29. The molecule has 8 heteroatoms. The van der Waals surface area contributed by atoms with Crippen LogP contribution in [0, 0.1) is 0 Å². The molecule has 0 aliphatic carbocycles. The van der Waals surface area contributed by atoms with E-state index >= 15 is 0 Å². The van der Waals surface area contributed by atoms with Crippen molar-refractivity contribution in [2.75, 3.05) is 26.0 Å². The molecule has 0 N–H and O–H groups in total. The summed E-state index contributed by atoms with van der Waals surface area (Å²) in [6.07, 6.45) is 1.98. The number of ether oxygens (including phenoxy) is 1. The van der Waals surface area contributed by atoms with Crippen LogP contribution in [0.25, 0.3) is 0 Å². The molecule has 0 aromatic carbocycles. The molecule has 1 amide bonds. The molecule has 1 aromatic rings. The number of esters is 1. The van der Waals surface area contributed by atoms with Crippen LogP contribution in [-0.4, -0.2) is 52.3 Å². The number of hydrogen-bond acceptors (Lipinski definition) is 6. The highest BCUT2D eigenvalue weighted by molar-refractivity contribution is 7.99. The SMILES string of the molecule is CCCN(CC(=O)OC)C(=O)c1cnc2n(c1=O)CCS2. The maximum Gasteiger partial charge on any atom is 0.325 e. The molecule has 1 aromatic heterocycles. The minimum atomic E-state index is -0.512. The first kappa shape index (κ1) is 15.6. The molecule has 0 saturated carbocycles. The zero-order valence-electron chi connectivity index (χ0n) is 12.0. The number of rotatable bonds is 5. The van der Waals surface area contributed by atoms with E-state index in [-0.39, 0.29) is 17.7 Å². The van der Waals surface area contributed by atoms with Gasteiger partial charge in [0.05, 0.1) is 7.11 Å². The zero-order chi connectivity index (χ0) is 15.4. The number of carbonyl (C=O) groups is 2. The molecule has 1 aliphatic rings. The van der Waals surface area contributed by atoms with E-state index in [4.69, 9.17) is 0 Å². The van der Waals surface area contributed by atoms with E-state index in [0.29, 0.717) is 24.7 Å². The monoisotopic (exact) mass is 311 g/mol. The number of amides is 1. The summed E-state index contributed by atoms with van der Waals surface area (Å²) in [5.41, 5.74) is -0.348. The number of nitrogens with zero attached hydrogens (tertiary/aromatic N) is 3. The van der Waals surface area contributed by atoms with Crippen molar-refractivity contribution in [1.29, 1.82) is 0 Å². The highest BCUT2D eigenvalue weighted by atomic mass is 32.2. The number of aromatic nitrogens is 2. The molecule has 2 rings (SSSR count). The first-order valence-electron chi connectivity index (χ1n) is 6.67. The second-order valence-electron chi connectivity index (χ2n) is 4.56. The molecular weight excluding hydrogens is 294 g/mol. The van der Waals surface area contributed by atoms with Gasteiger partial charge in [-0.15, -0.1) is 0 Å². The van der Waals surface area contributed by atoms with Crippen molar-refractivity contribution in [1.82, 2.24) is 14.5 Å². The van der Waals surface area contributed by atoms with Gasteiger partial charge < -0.3 is 9.64 Å². The highest BCUT2D eigenvalue weighted by Crippen LogP contribution is 2.20. The maximum absolute atomic E-state index is 12.5. The normalized spacial score (nSPS) is 12.9. The van der Waals surface area contributed by atoms with Gasteiger partial charge in [-0.25, -0.2) is 4.98 Å². The third-order valence-corrected chi connectivity index (χ3v) is 4.09. The summed E-state index contributed by atoms with van der Waals surface area (Å²) in [6.45, 7) is 2.66. The highest BCUT2D eigenvalue weighted by Gasteiger charge is 2.24. The van der Waals surface area contributed by atoms with Gasteiger partial charge in [-0.05, 0) is 6.42 Å². The molecule has 0 fully saturated rings. The number of methoxy groups -OCH3 is 1. The molecule has 2 heterocycles. The number of fused-ring (bicyclic) bond motifs is 1. The molecule has 1 aliphatic heterocycles. The van der Waals surface area contributed by atoms with Crippen molar-refractivity contribution < 1.29 is 14.3 Å². The van der Waals surface area contributed by atoms with E-state index in [9.17, 15) is 14.4 Å². The molecule has 114 valence electrons. The topological polar surface area (TPSA) is 81.5 Å². The van der Waals surface area contributed by atoms with Crippen molar-refractivity contribution in [3.05, 3.63) is 22.1 Å². The predicted molar refractivity (Wildman–Crippen MR) is 77.4 cm³/mol. The van der Waals surface area contributed by atoms with E-state index in [1.54, 1.807) is 0 Å². The van der Waals surface area contributed by atoms with E-state index in [1.165, 1.54) is 34.5 Å². The predicted octanol–water partition coefficient (Wildman–Crippen LogP) is 0.374. The average Bonchev–Trinajstić information content (AvgIpc) is 2.95. The van der Waals surface area contributed by atoms with Crippen LogP contribution in [0.2, 0.25) is 0 Å². The van der Waals surface area contributed by atoms with Crippen LogP contribution in [-0.2, 0) is 16.1 Å². The Kier molecular flexibility index (Phi) is 5.00. The van der Waals surface area contributed by atoms with Crippen LogP contribution in [0.4, 0.5) is 0 Å². The van der Waals surface area contributed by atoms with Crippen molar-refractivity contribution in [3.63, 3.8) is 0 Å². The molecule has 7 nitrogen and oxygen atoms in total. The first-order valence-corrected chi connectivity index (χ1v) is 7.65. The van der Waals surface area contributed by atoms with Gasteiger partial charge in [0, 0.05) is 25.0 Å². The Labute approximate surface area is 126 Å². The Hall–Kier alpha value is -1.83. The molecule has 0 atom stereocenters. The third-order valence-electron chi connectivity index (χ3n) is 3.12. The number of hydrogen-bond donors (Lipinski definition) is 0. The van der Waals surface area contributed by atoms with Gasteiger partial charge in [0.2, 0.25) is 0 Å². The first-order chi connectivity index (χ1) is 10.1. The van der Waals surface area contributed by atoms with Gasteiger partial charge in [-0.1, -0.05) is 18.7 Å². The Bertz CT molecular complexity index is 614. The molecule has 21 heavy (non-hydrogen) atoms. The minimum absolute atomic E-state index is 0.00129. The van der Waals surface area contributed by atoms with E-state index < -0.39 is 11.9 Å². The van der Waals surface area contributed by atoms with Crippen LogP contribution in [0.15, 0.2) is 16.1 Å². The molecule has 0 unspecified atom stereocenters. The average molecular weight is 311 g/mol. The second-order valence-corrected chi connectivity index (χ2v) is 5.62. The maximum atomic E-state index is 12.5. The lowest BCUT2D eigenvalue weighted by atomic mass is 10.2. The van der Waals surface area contributed by atoms with Crippen LogP contribution in [0.3, 0.4) is 0 Å². The lowest BCUT2D eigenvalue weighted by Gasteiger charge is -2.20. The van der Waals surface area contributed by atoms with Gasteiger partial charge in [0.1, 0.15) is 12.1 Å². The van der Waals surface area contributed by atoms with Crippen molar-refractivity contribution in [2.24, 2.45) is 0 Å². The summed E-state index contributed by atoms with van der Waals surface area (Å²) >= 11 is 1.49. The van der Waals surface area contributed by atoms with Gasteiger partial charge in [-0.2, -0.15) is 0 Å². The van der Waals surface area contributed by atoms with E-state index in [1.807, 2.05) is 6.92 Å². The van der Waals surface area contributed by atoms with Gasteiger partial charge in [-0.3, -0.25) is 19.0 Å². The van der Waals surface area contributed by atoms with Crippen LogP contribution in [0.1, 0.15) is 23.7 Å². The molecular formula is C13H17N3O4S. The Morgan fingerprint density at radius 2 is 2.29 bits per heavy atom.